The van der Waals surface area contributed by atoms with Crippen LogP contribution in [-0.2, 0) is 0 Å². The molecule has 0 aromatic carbocycles. The Labute approximate surface area is 80.7 Å². The number of aromatic nitrogens is 1. The Morgan fingerprint density at radius 1 is 1.50 bits per heavy atom. The molecule has 0 aliphatic heterocycles. The van der Waals surface area contributed by atoms with Gasteiger partial charge in [0.1, 0.15) is 5.15 Å². The Balaban J connectivity index is 3.08. The Kier molecular flexibility index (Phi) is 3.36. The molecule has 0 saturated carbocycles. The SMILES string of the molecule is NCC#Cc1ccnc(Cl)c1Cl. The summed E-state index contributed by atoms with van der Waals surface area (Å²) in [6, 6.07) is 1.69. The number of hydrogen-bond donors (Lipinski definition) is 1. The fraction of sp³-hybridized carbons (Fsp3) is 0.125. The van der Waals surface area contributed by atoms with Crippen molar-refractivity contribution >= 4 is 23.2 Å². The monoisotopic (exact) mass is 200 g/mol. The Morgan fingerprint density at radius 3 is 2.92 bits per heavy atom. The van der Waals surface area contributed by atoms with E-state index in [1.54, 1.807) is 12.3 Å². The molecule has 4 heteroatoms. The van der Waals surface area contributed by atoms with E-state index < -0.39 is 0 Å². The van der Waals surface area contributed by atoms with Gasteiger partial charge in [-0.25, -0.2) is 4.98 Å². The minimum absolute atomic E-state index is 0.264. The fourth-order valence-corrected chi connectivity index (χ4v) is 0.978. The van der Waals surface area contributed by atoms with E-state index in [0.717, 1.165) is 0 Å². The average molecular weight is 201 g/mol. The summed E-state index contributed by atoms with van der Waals surface area (Å²) in [5.41, 5.74) is 5.85. The van der Waals surface area contributed by atoms with Crippen LogP contribution in [0.3, 0.4) is 0 Å². The van der Waals surface area contributed by atoms with Gasteiger partial charge < -0.3 is 5.73 Å². The minimum atomic E-state index is 0.264. The lowest BCUT2D eigenvalue weighted by Crippen LogP contribution is -1.93. The Hall–Kier alpha value is -0.750. The molecule has 0 unspecified atom stereocenters. The number of rotatable bonds is 0. The van der Waals surface area contributed by atoms with Crippen molar-refractivity contribution in [3.8, 4) is 11.8 Å². The van der Waals surface area contributed by atoms with Gasteiger partial charge in [-0.2, -0.15) is 0 Å². The second-order valence-corrected chi connectivity index (χ2v) is 2.71. The molecule has 0 spiro atoms. The summed E-state index contributed by atoms with van der Waals surface area (Å²) in [7, 11) is 0. The fourth-order valence-electron chi connectivity index (χ4n) is 0.661. The summed E-state index contributed by atoms with van der Waals surface area (Å²) in [5.74, 6) is 5.46. The summed E-state index contributed by atoms with van der Waals surface area (Å²) in [5, 5.41) is 0.639. The summed E-state index contributed by atoms with van der Waals surface area (Å²) in [6.45, 7) is 0.302. The van der Waals surface area contributed by atoms with Gasteiger partial charge in [-0.15, -0.1) is 0 Å². The van der Waals surface area contributed by atoms with Crippen molar-refractivity contribution in [2.45, 2.75) is 0 Å². The van der Waals surface area contributed by atoms with Crippen LogP contribution in [-0.4, -0.2) is 11.5 Å². The van der Waals surface area contributed by atoms with Gasteiger partial charge in [0.25, 0.3) is 0 Å². The first-order valence-electron chi connectivity index (χ1n) is 3.24. The van der Waals surface area contributed by atoms with Gasteiger partial charge in [0.15, 0.2) is 0 Å². The van der Waals surface area contributed by atoms with E-state index in [-0.39, 0.29) is 5.15 Å². The largest absolute Gasteiger partial charge is 0.320 e. The maximum absolute atomic E-state index is 5.79. The number of nitrogens with zero attached hydrogens (tertiary/aromatic N) is 1. The molecule has 0 atom stereocenters. The third-order valence-electron chi connectivity index (χ3n) is 1.17. The van der Waals surface area contributed by atoms with E-state index in [9.17, 15) is 0 Å². The normalized spacial score (nSPS) is 8.92. The second-order valence-electron chi connectivity index (χ2n) is 1.97. The molecule has 1 heterocycles. The van der Waals surface area contributed by atoms with E-state index in [1.165, 1.54) is 0 Å². The van der Waals surface area contributed by atoms with E-state index in [4.69, 9.17) is 28.9 Å². The van der Waals surface area contributed by atoms with Crippen LogP contribution in [0.15, 0.2) is 12.3 Å². The van der Waals surface area contributed by atoms with Gasteiger partial charge >= 0.3 is 0 Å². The second kappa shape index (κ2) is 4.32. The molecular weight excluding hydrogens is 195 g/mol. The molecule has 0 aliphatic rings. The quantitative estimate of drug-likeness (QED) is 0.512. The summed E-state index contributed by atoms with van der Waals surface area (Å²) in [4.78, 5) is 3.78. The molecule has 0 amide bonds. The topological polar surface area (TPSA) is 38.9 Å². The lowest BCUT2D eigenvalue weighted by molar-refractivity contribution is 1.29. The van der Waals surface area contributed by atoms with Crippen molar-refractivity contribution in [1.82, 2.24) is 4.98 Å². The average Bonchev–Trinajstić information content (AvgIpc) is 2.08. The molecule has 2 nitrogen and oxygen atoms in total. The highest BCUT2D eigenvalue weighted by molar-refractivity contribution is 6.41. The van der Waals surface area contributed by atoms with Gasteiger partial charge in [-0.3, -0.25) is 0 Å². The van der Waals surface area contributed by atoms with Crippen LogP contribution in [0.4, 0.5) is 0 Å². The standard InChI is InChI=1S/C8H6Cl2N2/c9-7-6(2-1-4-11)3-5-12-8(7)10/h3,5H,4,11H2. The number of pyridine rings is 1. The summed E-state index contributed by atoms with van der Waals surface area (Å²) in [6.07, 6.45) is 1.55. The van der Waals surface area contributed by atoms with E-state index >= 15 is 0 Å². The van der Waals surface area contributed by atoms with Crippen molar-refractivity contribution in [2.24, 2.45) is 5.73 Å². The third kappa shape index (κ3) is 2.12. The molecular formula is C8H6Cl2N2. The highest BCUT2D eigenvalue weighted by atomic mass is 35.5. The number of hydrogen-bond acceptors (Lipinski definition) is 2. The minimum Gasteiger partial charge on any atom is -0.320 e. The molecule has 62 valence electrons. The van der Waals surface area contributed by atoms with Crippen molar-refractivity contribution in [3.05, 3.63) is 28.0 Å². The predicted molar refractivity (Wildman–Crippen MR) is 50.2 cm³/mol. The van der Waals surface area contributed by atoms with Gasteiger partial charge in [0.2, 0.25) is 0 Å². The van der Waals surface area contributed by atoms with Crippen LogP contribution in [0, 0.1) is 11.8 Å². The first-order chi connectivity index (χ1) is 5.75. The molecule has 0 saturated heterocycles. The Bertz CT molecular complexity index is 339. The maximum atomic E-state index is 5.79. The highest BCUT2D eigenvalue weighted by Crippen LogP contribution is 2.21. The zero-order valence-corrected chi connectivity index (χ0v) is 7.65. The molecule has 0 bridgehead atoms. The van der Waals surface area contributed by atoms with E-state index in [2.05, 4.69) is 16.8 Å². The van der Waals surface area contributed by atoms with Crippen LogP contribution >= 0.6 is 23.2 Å². The van der Waals surface area contributed by atoms with Crippen LogP contribution in [0.5, 0.6) is 0 Å². The number of nitrogens with two attached hydrogens (primary N) is 1. The molecule has 1 aromatic rings. The van der Waals surface area contributed by atoms with Crippen LogP contribution in [0.25, 0.3) is 0 Å². The first-order valence-corrected chi connectivity index (χ1v) is 4.00. The molecule has 0 fully saturated rings. The van der Waals surface area contributed by atoms with Gasteiger partial charge in [0, 0.05) is 11.8 Å². The third-order valence-corrected chi connectivity index (χ3v) is 1.94. The summed E-state index contributed by atoms with van der Waals surface area (Å²) >= 11 is 11.4. The van der Waals surface area contributed by atoms with Crippen molar-refractivity contribution in [3.63, 3.8) is 0 Å². The summed E-state index contributed by atoms with van der Waals surface area (Å²) < 4.78 is 0. The number of halogens is 2. The smallest absolute Gasteiger partial charge is 0.148 e. The van der Waals surface area contributed by atoms with Crippen molar-refractivity contribution in [2.75, 3.05) is 6.54 Å². The lowest BCUT2D eigenvalue weighted by Gasteiger charge is -1.95. The predicted octanol–water partition coefficient (Wildman–Crippen LogP) is 1.70. The van der Waals surface area contributed by atoms with Gasteiger partial charge in [0.05, 0.1) is 11.6 Å². The van der Waals surface area contributed by atoms with Gasteiger partial charge in [-0.1, -0.05) is 35.0 Å². The van der Waals surface area contributed by atoms with E-state index in [1.807, 2.05) is 0 Å². The van der Waals surface area contributed by atoms with Crippen LogP contribution in [0.1, 0.15) is 5.56 Å². The van der Waals surface area contributed by atoms with Crippen molar-refractivity contribution in [1.29, 1.82) is 0 Å². The van der Waals surface area contributed by atoms with Crippen LogP contribution < -0.4 is 5.73 Å². The highest BCUT2D eigenvalue weighted by Gasteiger charge is 2.01. The van der Waals surface area contributed by atoms with E-state index in [0.29, 0.717) is 17.1 Å². The molecule has 12 heavy (non-hydrogen) atoms. The molecule has 2 N–H and O–H groups in total. The molecule has 1 rings (SSSR count). The van der Waals surface area contributed by atoms with Crippen molar-refractivity contribution < 1.29 is 0 Å². The zero-order chi connectivity index (χ0) is 8.97. The zero-order valence-electron chi connectivity index (χ0n) is 6.14. The Morgan fingerprint density at radius 2 is 2.25 bits per heavy atom. The molecule has 1 aromatic heterocycles. The molecule has 0 radical (unpaired) electrons. The maximum Gasteiger partial charge on any atom is 0.148 e. The lowest BCUT2D eigenvalue weighted by atomic mass is 10.3. The van der Waals surface area contributed by atoms with Crippen LogP contribution in [0.2, 0.25) is 10.2 Å². The van der Waals surface area contributed by atoms with Gasteiger partial charge in [-0.05, 0) is 6.07 Å². The first kappa shape index (κ1) is 9.34. The molecule has 0 aliphatic carbocycles.